The molecule has 6 heteroatoms. The number of aromatic nitrogens is 2. The molecule has 0 fully saturated rings. The van der Waals surface area contributed by atoms with Gasteiger partial charge in [-0.15, -0.1) is 0 Å². The number of ketones is 2. The van der Waals surface area contributed by atoms with Crippen LogP contribution < -0.4 is 10.2 Å². The Kier molecular flexibility index (Phi) is 4.74. The number of nitrogens with one attached hydrogen (secondary N) is 2. The molecule has 6 rings (SSSR count). The summed E-state index contributed by atoms with van der Waals surface area (Å²) in [6.07, 6.45) is 1.36. The molecular formula is C29H22N4O2. The second kappa shape index (κ2) is 7.95. The fourth-order valence-electron chi connectivity index (χ4n) is 4.60. The number of H-pyrrole nitrogens is 1. The number of aromatic amines is 1. The maximum absolute atomic E-state index is 12.4. The highest BCUT2D eigenvalue weighted by atomic mass is 16.2. The van der Waals surface area contributed by atoms with Gasteiger partial charge in [0.2, 0.25) is 11.6 Å². The van der Waals surface area contributed by atoms with E-state index >= 15 is 0 Å². The van der Waals surface area contributed by atoms with Crippen LogP contribution in [0.1, 0.15) is 15.9 Å². The molecule has 0 unspecified atom stereocenters. The maximum Gasteiger partial charge on any atom is 0.233 e. The number of carbonyl (C=O) groups excluding carboxylic acids is 2. The Bertz CT molecular complexity index is 1680. The number of fused-ring (bicyclic) bond motifs is 4. The van der Waals surface area contributed by atoms with Crippen LogP contribution in [0.2, 0.25) is 0 Å². The smallest absolute Gasteiger partial charge is 0.233 e. The molecule has 170 valence electrons. The zero-order chi connectivity index (χ0) is 24.1. The molecule has 0 aliphatic heterocycles. The Balaban J connectivity index is 1.53. The number of nitrogens with zero attached hydrogens (tertiary/aromatic N) is 2. The van der Waals surface area contributed by atoms with Crippen LogP contribution in [0.4, 0.5) is 11.5 Å². The van der Waals surface area contributed by atoms with Gasteiger partial charge in [0, 0.05) is 58.8 Å². The first-order chi connectivity index (χ1) is 17.0. The molecule has 1 aliphatic carbocycles. The van der Waals surface area contributed by atoms with Crippen molar-refractivity contribution in [3.05, 3.63) is 96.1 Å². The summed E-state index contributed by atoms with van der Waals surface area (Å²) < 4.78 is 0. The van der Waals surface area contributed by atoms with Gasteiger partial charge in [-0.05, 0) is 24.3 Å². The molecule has 2 aromatic heterocycles. The monoisotopic (exact) mass is 458 g/mol. The number of Topliss-reactive ketones (excluding diaryl/α,β-unsaturated/α-hetero) is 1. The van der Waals surface area contributed by atoms with Crippen molar-refractivity contribution in [2.24, 2.45) is 0 Å². The molecule has 0 saturated heterocycles. The number of hydrogen-bond donors (Lipinski definition) is 2. The third-order valence-corrected chi connectivity index (χ3v) is 6.38. The predicted molar refractivity (Wildman–Crippen MR) is 141 cm³/mol. The average molecular weight is 459 g/mol. The van der Waals surface area contributed by atoms with Gasteiger partial charge in [-0.25, -0.2) is 4.98 Å². The SMILES string of the molecule is CN(C)c1ccc(-c2nc(NC3=CC(=O)C(=O)c4ccccc43)cc3c2[nH]c2ccccc23)cc1. The summed E-state index contributed by atoms with van der Waals surface area (Å²) >= 11 is 0. The zero-order valence-corrected chi connectivity index (χ0v) is 19.3. The van der Waals surface area contributed by atoms with Crippen molar-refractivity contribution in [1.82, 2.24) is 9.97 Å². The van der Waals surface area contributed by atoms with E-state index in [4.69, 9.17) is 4.98 Å². The average Bonchev–Trinajstić information content (AvgIpc) is 3.25. The molecule has 6 nitrogen and oxygen atoms in total. The number of rotatable bonds is 4. The van der Waals surface area contributed by atoms with E-state index < -0.39 is 11.6 Å². The highest BCUT2D eigenvalue weighted by Gasteiger charge is 2.26. The summed E-state index contributed by atoms with van der Waals surface area (Å²) in [5.74, 6) is -0.441. The summed E-state index contributed by atoms with van der Waals surface area (Å²) in [5, 5.41) is 5.44. The molecule has 0 bridgehead atoms. The molecule has 2 N–H and O–H groups in total. The Morgan fingerprint density at radius 3 is 2.31 bits per heavy atom. The van der Waals surface area contributed by atoms with E-state index in [1.54, 1.807) is 12.1 Å². The minimum Gasteiger partial charge on any atom is -0.378 e. The Labute approximate surface area is 201 Å². The number of anilines is 2. The predicted octanol–water partition coefficient (Wildman–Crippen LogP) is 5.67. The van der Waals surface area contributed by atoms with Crippen LogP contribution in [0.5, 0.6) is 0 Å². The van der Waals surface area contributed by atoms with Gasteiger partial charge in [0.05, 0.1) is 16.9 Å². The van der Waals surface area contributed by atoms with Gasteiger partial charge in [-0.2, -0.15) is 0 Å². The van der Waals surface area contributed by atoms with Crippen molar-refractivity contribution in [1.29, 1.82) is 0 Å². The van der Waals surface area contributed by atoms with Gasteiger partial charge in [0.1, 0.15) is 5.82 Å². The van der Waals surface area contributed by atoms with E-state index in [1.165, 1.54) is 6.08 Å². The van der Waals surface area contributed by atoms with Gasteiger partial charge in [0.15, 0.2) is 0 Å². The van der Waals surface area contributed by atoms with Crippen molar-refractivity contribution < 1.29 is 9.59 Å². The third kappa shape index (κ3) is 3.47. The number of hydrogen-bond acceptors (Lipinski definition) is 5. The molecule has 0 atom stereocenters. The first-order valence-corrected chi connectivity index (χ1v) is 11.4. The lowest BCUT2D eigenvalue weighted by Gasteiger charge is -2.18. The standard InChI is InChI=1S/C29H22N4O2/c1-33(2)18-13-11-17(12-14-18)27-28-22(20-8-5-6-10-23(20)31-28)15-26(32-27)30-24-16-25(34)29(35)21-9-4-3-7-19(21)24/h3-16,31H,1-2H3,(H,30,32). The van der Waals surface area contributed by atoms with Crippen LogP contribution in [0.15, 0.2) is 84.9 Å². The van der Waals surface area contributed by atoms with Gasteiger partial charge in [0.25, 0.3) is 0 Å². The van der Waals surface area contributed by atoms with E-state index in [9.17, 15) is 9.59 Å². The minimum atomic E-state index is -0.543. The lowest BCUT2D eigenvalue weighted by Crippen LogP contribution is -2.21. The topological polar surface area (TPSA) is 78.1 Å². The molecule has 0 saturated carbocycles. The van der Waals surface area contributed by atoms with Crippen LogP contribution in [-0.2, 0) is 4.79 Å². The van der Waals surface area contributed by atoms with Crippen molar-refractivity contribution in [3.63, 3.8) is 0 Å². The molecule has 3 aromatic carbocycles. The quantitative estimate of drug-likeness (QED) is 0.340. The summed E-state index contributed by atoms with van der Waals surface area (Å²) in [6, 6.07) is 25.5. The second-order valence-corrected chi connectivity index (χ2v) is 8.81. The van der Waals surface area contributed by atoms with E-state index in [1.807, 2.05) is 50.5 Å². The van der Waals surface area contributed by atoms with Gasteiger partial charge in [-0.1, -0.05) is 54.6 Å². The Morgan fingerprint density at radius 2 is 1.54 bits per heavy atom. The van der Waals surface area contributed by atoms with Crippen LogP contribution in [0, 0.1) is 0 Å². The van der Waals surface area contributed by atoms with Gasteiger partial charge < -0.3 is 15.2 Å². The lowest BCUT2D eigenvalue weighted by atomic mass is 9.93. The van der Waals surface area contributed by atoms with Crippen molar-refractivity contribution in [3.8, 4) is 11.3 Å². The Morgan fingerprint density at radius 1 is 0.829 bits per heavy atom. The van der Waals surface area contributed by atoms with Crippen LogP contribution in [-0.4, -0.2) is 35.6 Å². The second-order valence-electron chi connectivity index (χ2n) is 8.81. The summed E-state index contributed by atoms with van der Waals surface area (Å²) in [5.41, 5.74) is 6.49. The van der Waals surface area contributed by atoms with E-state index in [0.29, 0.717) is 22.6 Å². The molecular weight excluding hydrogens is 436 g/mol. The first kappa shape index (κ1) is 20.9. The number of pyridine rings is 1. The lowest BCUT2D eigenvalue weighted by molar-refractivity contribution is -0.111. The van der Waals surface area contributed by atoms with Gasteiger partial charge >= 0.3 is 0 Å². The largest absolute Gasteiger partial charge is 0.378 e. The van der Waals surface area contributed by atoms with Crippen LogP contribution in [0.25, 0.3) is 38.8 Å². The van der Waals surface area contributed by atoms with Crippen LogP contribution in [0.3, 0.4) is 0 Å². The molecule has 0 amide bonds. The Hall–Kier alpha value is -4.71. The van der Waals surface area contributed by atoms with Crippen molar-refractivity contribution in [2.45, 2.75) is 0 Å². The van der Waals surface area contributed by atoms with Gasteiger partial charge in [-0.3, -0.25) is 9.59 Å². The van der Waals surface area contributed by atoms with Crippen LogP contribution >= 0.6 is 0 Å². The van der Waals surface area contributed by atoms with E-state index in [-0.39, 0.29) is 0 Å². The van der Waals surface area contributed by atoms with E-state index in [2.05, 4.69) is 45.5 Å². The van der Waals surface area contributed by atoms with E-state index in [0.717, 1.165) is 38.8 Å². The van der Waals surface area contributed by atoms with Crippen molar-refractivity contribution >= 4 is 50.6 Å². The molecule has 0 radical (unpaired) electrons. The molecule has 2 heterocycles. The third-order valence-electron chi connectivity index (χ3n) is 6.38. The molecule has 35 heavy (non-hydrogen) atoms. The number of carbonyl (C=O) groups is 2. The minimum absolute atomic E-state index is 0.398. The molecule has 5 aromatic rings. The van der Waals surface area contributed by atoms with Crippen molar-refractivity contribution in [2.75, 3.05) is 24.3 Å². The maximum atomic E-state index is 12.4. The first-order valence-electron chi connectivity index (χ1n) is 11.4. The normalized spacial score (nSPS) is 13.1. The summed E-state index contributed by atoms with van der Waals surface area (Å²) in [4.78, 5) is 35.3. The summed E-state index contributed by atoms with van der Waals surface area (Å²) in [7, 11) is 4.02. The fraction of sp³-hybridized carbons (Fsp3) is 0.0690. The fourth-order valence-corrected chi connectivity index (χ4v) is 4.60. The highest BCUT2D eigenvalue weighted by Crippen LogP contribution is 2.35. The molecule has 0 spiro atoms. The summed E-state index contributed by atoms with van der Waals surface area (Å²) in [6.45, 7) is 0. The number of benzene rings is 3. The molecule has 1 aliphatic rings. The number of allylic oxidation sites excluding steroid dienone is 1. The highest BCUT2D eigenvalue weighted by molar-refractivity contribution is 6.50. The zero-order valence-electron chi connectivity index (χ0n) is 19.3. The number of para-hydroxylation sites is 1.